The van der Waals surface area contributed by atoms with E-state index in [0.717, 1.165) is 18.2 Å². The number of rotatable bonds is 2. The Labute approximate surface area is 155 Å². The molecule has 6 heteroatoms. The second kappa shape index (κ2) is 6.74. The molecule has 0 bridgehead atoms. The lowest BCUT2D eigenvalue weighted by atomic mass is 10.2. The van der Waals surface area contributed by atoms with Gasteiger partial charge in [-0.3, -0.25) is 10.1 Å². The number of fused-ring (bicyclic) bond motifs is 1. The van der Waals surface area contributed by atoms with Gasteiger partial charge in [-0.2, -0.15) is 4.90 Å². The van der Waals surface area contributed by atoms with E-state index in [2.05, 4.69) is 27.4 Å². The normalized spacial score (nSPS) is 12.7. The lowest BCUT2D eigenvalue weighted by molar-refractivity contribution is -0.655. The number of hydrogen-bond acceptors (Lipinski definition) is 3. The predicted octanol–water partition coefficient (Wildman–Crippen LogP) is 3.24. The molecule has 0 radical (unpaired) electrons. The van der Waals surface area contributed by atoms with Gasteiger partial charge in [0.15, 0.2) is 0 Å². The molecule has 0 spiro atoms. The van der Waals surface area contributed by atoms with Crippen molar-refractivity contribution >= 4 is 39.7 Å². The predicted molar refractivity (Wildman–Crippen MR) is 104 cm³/mol. The average Bonchev–Trinajstić information content (AvgIpc) is 3.25. The SMILES string of the molecule is O=C(NC(=S)N1CC[n+]2c(-c3ccccc3)csc21)c1ccccc1. The number of carbonyl (C=O) groups excluding carboxylic acids is 1. The zero-order valence-electron chi connectivity index (χ0n) is 13.4. The van der Waals surface area contributed by atoms with Crippen LogP contribution in [0, 0.1) is 0 Å². The molecule has 2 aromatic carbocycles. The largest absolute Gasteiger partial charge is 0.343 e. The molecule has 0 saturated heterocycles. The van der Waals surface area contributed by atoms with Crippen LogP contribution in [0.2, 0.25) is 0 Å². The fourth-order valence-corrected chi connectivity index (χ4v) is 4.34. The lowest BCUT2D eigenvalue weighted by Crippen LogP contribution is -2.42. The maximum absolute atomic E-state index is 12.3. The fraction of sp³-hybridized carbons (Fsp3) is 0.105. The second-order valence-electron chi connectivity index (χ2n) is 5.70. The first-order valence-corrected chi connectivity index (χ1v) is 9.27. The smallest absolute Gasteiger partial charge is 0.279 e. The Morgan fingerprint density at radius 1 is 1.08 bits per heavy atom. The molecule has 0 fully saturated rings. The molecule has 4 rings (SSSR count). The third-order valence-electron chi connectivity index (χ3n) is 4.15. The van der Waals surface area contributed by atoms with Crippen LogP contribution in [0.4, 0.5) is 5.13 Å². The van der Waals surface area contributed by atoms with Crippen molar-refractivity contribution in [3.8, 4) is 11.3 Å². The number of benzene rings is 2. The van der Waals surface area contributed by atoms with Crippen molar-refractivity contribution in [2.45, 2.75) is 6.54 Å². The van der Waals surface area contributed by atoms with E-state index in [9.17, 15) is 4.79 Å². The highest BCUT2D eigenvalue weighted by molar-refractivity contribution is 7.80. The first-order chi connectivity index (χ1) is 12.2. The van der Waals surface area contributed by atoms with Gasteiger partial charge in [0.1, 0.15) is 18.8 Å². The van der Waals surface area contributed by atoms with Crippen LogP contribution in [0.1, 0.15) is 10.4 Å². The molecule has 1 N–H and O–H groups in total. The Hall–Kier alpha value is -2.57. The first-order valence-electron chi connectivity index (χ1n) is 7.98. The summed E-state index contributed by atoms with van der Waals surface area (Å²) in [6.07, 6.45) is 0. The van der Waals surface area contributed by atoms with Gasteiger partial charge in [0, 0.05) is 16.5 Å². The van der Waals surface area contributed by atoms with Crippen molar-refractivity contribution < 1.29 is 9.36 Å². The molecule has 0 saturated carbocycles. The van der Waals surface area contributed by atoms with E-state index >= 15 is 0 Å². The summed E-state index contributed by atoms with van der Waals surface area (Å²) < 4.78 is 2.25. The van der Waals surface area contributed by atoms with Crippen LogP contribution in [0.5, 0.6) is 0 Å². The summed E-state index contributed by atoms with van der Waals surface area (Å²) in [5.74, 6) is -0.177. The maximum atomic E-state index is 12.3. The summed E-state index contributed by atoms with van der Waals surface area (Å²) in [7, 11) is 0. The zero-order valence-corrected chi connectivity index (χ0v) is 15.0. The van der Waals surface area contributed by atoms with E-state index in [4.69, 9.17) is 12.2 Å². The number of thiazole rings is 1. The highest BCUT2D eigenvalue weighted by Crippen LogP contribution is 2.28. The quantitative estimate of drug-likeness (QED) is 0.559. The van der Waals surface area contributed by atoms with Crippen molar-refractivity contribution in [2.75, 3.05) is 11.4 Å². The van der Waals surface area contributed by atoms with E-state index in [1.54, 1.807) is 23.5 Å². The highest BCUT2D eigenvalue weighted by Gasteiger charge is 2.36. The molecule has 4 nitrogen and oxygen atoms in total. The van der Waals surface area contributed by atoms with Crippen LogP contribution in [0.25, 0.3) is 11.3 Å². The third-order valence-corrected chi connectivity index (χ3v) is 5.46. The Morgan fingerprint density at radius 2 is 1.76 bits per heavy atom. The molecular formula is C19H16N3OS2+. The Kier molecular flexibility index (Phi) is 4.29. The number of carbonyl (C=O) groups is 1. The summed E-state index contributed by atoms with van der Waals surface area (Å²) in [6.45, 7) is 1.62. The van der Waals surface area contributed by atoms with Gasteiger partial charge in [-0.25, -0.2) is 4.57 Å². The molecule has 0 aliphatic carbocycles. The molecular weight excluding hydrogens is 350 g/mol. The summed E-state index contributed by atoms with van der Waals surface area (Å²) in [5, 5.41) is 6.48. The van der Waals surface area contributed by atoms with E-state index < -0.39 is 0 Å². The number of hydrogen-bond donors (Lipinski definition) is 1. The number of anilines is 1. The van der Waals surface area contributed by atoms with Gasteiger partial charge in [0.2, 0.25) is 0 Å². The summed E-state index contributed by atoms with van der Waals surface area (Å²) in [5.41, 5.74) is 2.97. The Balaban J connectivity index is 1.54. The monoisotopic (exact) mass is 366 g/mol. The number of aromatic nitrogens is 1. The van der Waals surface area contributed by atoms with E-state index in [0.29, 0.717) is 10.7 Å². The zero-order chi connectivity index (χ0) is 17.2. The minimum atomic E-state index is -0.177. The second-order valence-corrected chi connectivity index (χ2v) is 6.92. The van der Waals surface area contributed by atoms with Crippen molar-refractivity contribution in [1.82, 2.24) is 5.32 Å². The van der Waals surface area contributed by atoms with Gasteiger partial charge < -0.3 is 0 Å². The van der Waals surface area contributed by atoms with Gasteiger partial charge in [-0.1, -0.05) is 59.9 Å². The third kappa shape index (κ3) is 3.06. The van der Waals surface area contributed by atoms with Gasteiger partial charge in [-0.05, 0) is 24.4 Å². The van der Waals surface area contributed by atoms with Crippen LogP contribution >= 0.6 is 23.6 Å². The number of thiocarbonyl (C=S) groups is 1. The molecule has 124 valence electrons. The lowest BCUT2D eigenvalue weighted by Gasteiger charge is -2.10. The number of nitrogens with one attached hydrogen (secondary N) is 1. The van der Waals surface area contributed by atoms with Crippen LogP contribution in [-0.4, -0.2) is 17.6 Å². The van der Waals surface area contributed by atoms with E-state index in [1.807, 2.05) is 41.3 Å². The average molecular weight is 366 g/mol. The van der Waals surface area contributed by atoms with Crippen LogP contribution in [0.15, 0.2) is 66.0 Å². The van der Waals surface area contributed by atoms with Gasteiger partial charge in [0.25, 0.3) is 11.0 Å². The summed E-state index contributed by atoms with van der Waals surface area (Å²) >= 11 is 7.12. The van der Waals surface area contributed by atoms with Crippen molar-refractivity contribution in [3.63, 3.8) is 0 Å². The number of amides is 1. The molecule has 1 aliphatic rings. The molecule has 3 aromatic rings. The minimum absolute atomic E-state index is 0.177. The molecule has 25 heavy (non-hydrogen) atoms. The summed E-state index contributed by atoms with van der Waals surface area (Å²) in [6, 6.07) is 19.4. The van der Waals surface area contributed by atoms with Crippen LogP contribution < -0.4 is 14.8 Å². The highest BCUT2D eigenvalue weighted by atomic mass is 32.1. The maximum Gasteiger partial charge on any atom is 0.343 e. The minimum Gasteiger partial charge on any atom is -0.279 e. The molecule has 1 aliphatic heterocycles. The van der Waals surface area contributed by atoms with Crippen LogP contribution in [0.3, 0.4) is 0 Å². The standard InChI is InChI=1S/C19H15N3OS2/c23-17(15-9-5-2-6-10-15)20-18(24)22-12-11-21-16(13-25-19(21)22)14-7-3-1-4-8-14/h1-10,13H,11-12H2/p+1. The number of nitrogens with zero attached hydrogens (tertiary/aromatic N) is 2. The topological polar surface area (TPSA) is 36.2 Å². The Bertz CT molecular complexity index is 922. The van der Waals surface area contributed by atoms with Crippen molar-refractivity contribution in [3.05, 3.63) is 71.6 Å². The molecule has 0 atom stereocenters. The molecule has 2 heterocycles. The molecule has 1 aromatic heterocycles. The van der Waals surface area contributed by atoms with Gasteiger partial charge in [-0.15, -0.1) is 0 Å². The van der Waals surface area contributed by atoms with E-state index in [-0.39, 0.29) is 5.91 Å². The van der Waals surface area contributed by atoms with Gasteiger partial charge >= 0.3 is 5.13 Å². The summed E-state index contributed by atoms with van der Waals surface area (Å²) in [4.78, 5) is 14.3. The van der Waals surface area contributed by atoms with Crippen molar-refractivity contribution in [2.24, 2.45) is 0 Å². The van der Waals surface area contributed by atoms with Crippen molar-refractivity contribution in [1.29, 1.82) is 0 Å². The Morgan fingerprint density at radius 3 is 2.48 bits per heavy atom. The van der Waals surface area contributed by atoms with Gasteiger partial charge in [0.05, 0.1) is 0 Å². The molecule has 1 amide bonds. The van der Waals surface area contributed by atoms with Crippen LogP contribution in [-0.2, 0) is 6.54 Å². The van der Waals surface area contributed by atoms with E-state index in [1.165, 1.54) is 11.3 Å². The fourth-order valence-electron chi connectivity index (χ4n) is 2.91. The first kappa shape index (κ1) is 15.9. The molecule has 0 unspecified atom stereocenters.